The fraction of sp³-hybridized carbons (Fsp3) is 0.889. The number of carbonyl (C=O) groups is 1. The van der Waals surface area contributed by atoms with Gasteiger partial charge in [0.1, 0.15) is 0 Å². The number of hydrogen-bond acceptors (Lipinski definition) is 4. The predicted octanol–water partition coefficient (Wildman–Crippen LogP) is -0.199. The van der Waals surface area contributed by atoms with Crippen LogP contribution >= 0.6 is 12.4 Å². The molecule has 0 aromatic rings. The molecule has 1 saturated heterocycles. The summed E-state index contributed by atoms with van der Waals surface area (Å²) in [6.07, 6.45) is -0.751. The zero-order chi connectivity index (χ0) is 10.6. The van der Waals surface area contributed by atoms with Gasteiger partial charge >= 0.3 is 0 Å². The van der Waals surface area contributed by atoms with Crippen LogP contribution in [0.5, 0.6) is 0 Å². The quantitative estimate of drug-likeness (QED) is 0.639. The fourth-order valence-electron chi connectivity index (χ4n) is 1.47. The summed E-state index contributed by atoms with van der Waals surface area (Å²) in [5.41, 5.74) is 0. The van der Waals surface area contributed by atoms with Crippen LogP contribution in [-0.2, 0) is 14.3 Å². The normalized spacial score (nSPS) is 17.7. The monoisotopic (exact) mass is 238 g/mol. The first-order valence-electron chi connectivity index (χ1n) is 4.72. The van der Waals surface area contributed by atoms with Gasteiger partial charge in [-0.05, 0) is 7.05 Å². The van der Waals surface area contributed by atoms with Gasteiger partial charge in [0.25, 0.3) is 5.91 Å². The second-order valence-corrected chi connectivity index (χ2v) is 3.43. The van der Waals surface area contributed by atoms with Crippen LogP contribution < -0.4 is 0 Å². The molecule has 1 aliphatic heterocycles. The third-order valence-corrected chi connectivity index (χ3v) is 2.44. The lowest BCUT2D eigenvalue weighted by Gasteiger charge is -2.33. The first kappa shape index (κ1) is 14.6. The zero-order valence-corrected chi connectivity index (χ0v) is 10.2. The number of rotatable bonds is 3. The third-order valence-electron chi connectivity index (χ3n) is 2.44. The number of piperazine rings is 1. The molecule has 6 heteroatoms. The van der Waals surface area contributed by atoms with Gasteiger partial charge in [-0.3, -0.25) is 4.79 Å². The van der Waals surface area contributed by atoms with Crippen LogP contribution in [0.4, 0.5) is 0 Å². The Morgan fingerprint density at radius 1 is 1.13 bits per heavy atom. The second kappa shape index (κ2) is 7.00. The molecule has 0 aromatic heterocycles. The van der Waals surface area contributed by atoms with Crippen LogP contribution in [0.1, 0.15) is 0 Å². The van der Waals surface area contributed by atoms with Gasteiger partial charge in [0.2, 0.25) is 6.29 Å². The van der Waals surface area contributed by atoms with Gasteiger partial charge in [0.15, 0.2) is 0 Å². The number of methoxy groups -OCH3 is 2. The molecule has 0 unspecified atom stereocenters. The molecule has 0 atom stereocenters. The standard InChI is InChI=1S/C9H18N2O3.ClH/c1-10-4-6-11(7-5-10)8(12)9(13-2)14-3;/h9H,4-7H2,1-3H3;1H. The zero-order valence-electron chi connectivity index (χ0n) is 9.43. The minimum atomic E-state index is -0.751. The lowest BCUT2D eigenvalue weighted by atomic mass is 10.3. The van der Waals surface area contributed by atoms with E-state index in [0.717, 1.165) is 26.2 Å². The van der Waals surface area contributed by atoms with Gasteiger partial charge in [-0.1, -0.05) is 0 Å². The summed E-state index contributed by atoms with van der Waals surface area (Å²) in [7, 11) is 5.00. The number of nitrogens with zero attached hydrogens (tertiary/aromatic N) is 2. The van der Waals surface area contributed by atoms with E-state index in [2.05, 4.69) is 4.90 Å². The van der Waals surface area contributed by atoms with Crippen molar-refractivity contribution in [1.29, 1.82) is 0 Å². The van der Waals surface area contributed by atoms with Crippen molar-refractivity contribution in [2.75, 3.05) is 47.4 Å². The first-order valence-corrected chi connectivity index (χ1v) is 4.72. The number of likely N-dealkylation sites (N-methyl/N-ethyl adjacent to an activating group) is 1. The fourth-order valence-corrected chi connectivity index (χ4v) is 1.47. The molecule has 0 aromatic carbocycles. The molecular weight excluding hydrogens is 220 g/mol. The van der Waals surface area contributed by atoms with Crippen molar-refractivity contribution < 1.29 is 14.3 Å². The van der Waals surface area contributed by atoms with Gasteiger partial charge < -0.3 is 19.3 Å². The van der Waals surface area contributed by atoms with Gasteiger partial charge in [-0.15, -0.1) is 12.4 Å². The minimum Gasteiger partial charge on any atom is -0.348 e. The lowest BCUT2D eigenvalue weighted by Crippen LogP contribution is -2.51. The summed E-state index contributed by atoms with van der Waals surface area (Å²) < 4.78 is 9.83. The number of carbonyl (C=O) groups excluding carboxylic acids is 1. The Balaban J connectivity index is 0.00000196. The van der Waals surface area contributed by atoms with Crippen LogP contribution in [0.15, 0.2) is 0 Å². The maximum atomic E-state index is 11.7. The molecule has 1 amide bonds. The van der Waals surface area contributed by atoms with Gasteiger partial charge in [0, 0.05) is 40.4 Å². The predicted molar refractivity (Wildman–Crippen MR) is 59.1 cm³/mol. The summed E-state index contributed by atoms with van der Waals surface area (Å²) in [6, 6.07) is 0. The van der Waals surface area contributed by atoms with E-state index in [-0.39, 0.29) is 18.3 Å². The summed E-state index contributed by atoms with van der Waals surface area (Å²) in [5, 5.41) is 0. The highest BCUT2D eigenvalue weighted by Crippen LogP contribution is 2.04. The van der Waals surface area contributed by atoms with Crippen molar-refractivity contribution in [2.24, 2.45) is 0 Å². The van der Waals surface area contributed by atoms with E-state index >= 15 is 0 Å². The van der Waals surface area contributed by atoms with Crippen LogP contribution in [0.25, 0.3) is 0 Å². The molecule has 90 valence electrons. The van der Waals surface area contributed by atoms with E-state index in [1.807, 2.05) is 7.05 Å². The molecule has 5 nitrogen and oxygen atoms in total. The van der Waals surface area contributed by atoms with Crippen LogP contribution in [0.2, 0.25) is 0 Å². The number of amides is 1. The Bertz CT molecular complexity index is 192. The molecular formula is C9H19ClN2O3. The molecule has 15 heavy (non-hydrogen) atoms. The van der Waals surface area contributed by atoms with E-state index in [4.69, 9.17) is 9.47 Å². The van der Waals surface area contributed by atoms with E-state index < -0.39 is 6.29 Å². The van der Waals surface area contributed by atoms with E-state index in [1.165, 1.54) is 14.2 Å². The first-order chi connectivity index (χ1) is 6.69. The van der Waals surface area contributed by atoms with Crippen molar-refractivity contribution in [2.45, 2.75) is 6.29 Å². The Labute approximate surface area is 96.7 Å². The SMILES string of the molecule is COC(OC)C(=O)N1CCN(C)CC1.Cl. The Morgan fingerprint density at radius 3 is 2.00 bits per heavy atom. The van der Waals surface area contributed by atoms with E-state index in [1.54, 1.807) is 4.90 Å². The maximum absolute atomic E-state index is 11.7. The number of halogens is 1. The summed E-state index contributed by atoms with van der Waals surface area (Å²) in [6.45, 7) is 3.31. The molecule has 1 rings (SSSR count). The number of ether oxygens (including phenoxy) is 2. The van der Waals surface area contributed by atoms with Crippen LogP contribution in [-0.4, -0.2) is 69.4 Å². The Morgan fingerprint density at radius 2 is 1.60 bits per heavy atom. The second-order valence-electron chi connectivity index (χ2n) is 3.43. The largest absolute Gasteiger partial charge is 0.348 e. The summed E-state index contributed by atoms with van der Waals surface area (Å²) >= 11 is 0. The van der Waals surface area contributed by atoms with Crippen molar-refractivity contribution >= 4 is 18.3 Å². The van der Waals surface area contributed by atoms with Gasteiger partial charge in [-0.2, -0.15) is 0 Å². The molecule has 1 fully saturated rings. The highest BCUT2D eigenvalue weighted by atomic mass is 35.5. The highest BCUT2D eigenvalue weighted by molar-refractivity contribution is 5.85. The molecule has 0 saturated carbocycles. The molecule has 0 radical (unpaired) electrons. The maximum Gasteiger partial charge on any atom is 0.279 e. The van der Waals surface area contributed by atoms with Crippen molar-refractivity contribution in [3.8, 4) is 0 Å². The van der Waals surface area contributed by atoms with E-state index in [9.17, 15) is 4.79 Å². The highest BCUT2D eigenvalue weighted by Gasteiger charge is 2.26. The smallest absolute Gasteiger partial charge is 0.279 e. The van der Waals surface area contributed by atoms with Crippen LogP contribution in [0.3, 0.4) is 0 Å². The van der Waals surface area contributed by atoms with E-state index in [0.29, 0.717) is 0 Å². The molecule has 0 bridgehead atoms. The van der Waals surface area contributed by atoms with Crippen molar-refractivity contribution in [3.63, 3.8) is 0 Å². The van der Waals surface area contributed by atoms with Crippen LogP contribution in [0, 0.1) is 0 Å². The molecule has 0 N–H and O–H groups in total. The summed E-state index contributed by atoms with van der Waals surface area (Å²) in [4.78, 5) is 15.7. The molecule has 1 heterocycles. The molecule has 1 aliphatic rings. The molecule has 0 aliphatic carbocycles. The summed E-state index contributed by atoms with van der Waals surface area (Å²) in [5.74, 6) is -0.0805. The lowest BCUT2D eigenvalue weighted by molar-refractivity contribution is -0.171. The Hall–Kier alpha value is -0.360. The molecule has 0 spiro atoms. The van der Waals surface area contributed by atoms with Crippen molar-refractivity contribution in [3.05, 3.63) is 0 Å². The Kier molecular flexibility index (Phi) is 6.84. The minimum absolute atomic E-state index is 0. The van der Waals surface area contributed by atoms with Gasteiger partial charge in [0.05, 0.1) is 0 Å². The topological polar surface area (TPSA) is 42.0 Å². The average Bonchev–Trinajstić information content (AvgIpc) is 2.20. The van der Waals surface area contributed by atoms with Crippen molar-refractivity contribution in [1.82, 2.24) is 9.80 Å². The number of hydrogen-bond donors (Lipinski definition) is 0. The average molecular weight is 239 g/mol. The third kappa shape index (κ3) is 3.95. The van der Waals surface area contributed by atoms with Gasteiger partial charge in [-0.25, -0.2) is 0 Å².